The maximum Gasteiger partial charge on any atom is 0.255 e. The lowest BCUT2D eigenvalue weighted by Gasteiger charge is -2.32. The van der Waals surface area contributed by atoms with E-state index in [2.05, 4.69) is 27.3 Å². The third-order valence-electron chi connectivity index (χ3n) is 7.65. The highest BCUT2D eigenvalue weighted by Crippen LogP contribution is 2.31. The molecule has 2 fully saturated rings. The highest BCUT2D eigenvalue weighted by Gasteiger charge is 2.39. The minimum absolute atomic E-state index is 0.101. The van der Waals surface area contributed by atoms with E-state index < -0.39 is 6.04 Å². The lowest BCUT2D eigenvalue weighted by atomic mass is 9.89. The van der Waals surface area contributed by atoms with Crippen molar-refractivity contribution in [3.8, 4) is 12.3 Å². The van der Waals surface area contributed by atoms with Crippen molar-refractivity contribution >= 4 is 17.7 Å². The summed E-state index contributed by atoms with van der Waals surface area (Å²) in [6, 6.07) is 5.36. The van der Waals surface area contributed by atoms with Crippen molar-refractivity contribution in [3.05, 3.63) is 52.8 Å². The fraction of sp³-hybridized carbons (Fsp3) is 0.481. The maximum atomic E-state index is 13.0. The molecule has 0 spiro atoms. The van der Waals surface area contributed by atoms with Crippen molar-refractivity contribution in [2.24, 2.45) is 5.92 Å². The van der Waals surface area contributed by atoms with Crippen molar-refractivity contribution in [2.45, 2.75) is 57.7 Å². The molecule has 4 heterocycles. The largest absolute Gasteiger partial charge is 0.322 e. The number of rotatable bonds is 7. The van der Waals surface area contributed by atoms with Crippen molar-refractivity contribution < 1.29 is 14.4 Å². The van der Waals surface area contributed by atoms with Crippen LogP contribution in [0, 0.1) is 18.3 Å². The molecule has 8 nitrogen and oxygen atoms in total. The number of carbonyl (C=O) groups is 3. The van der Waals surface area contributed by atoms with Gasteiger partial charge in [0.05, 0.1) is 18.3 Å². The molecule has 182 valence electrons. The molecule has 3 aliphatic heterocycles. The minimum atomic E-state index is -0.565. The van der Waals surface area contributed by atoms with Gasteiger partial charge in [0.2, 0.25) is 11.8 Å². The highest BCUT2D eigenvalue weighted by atomic mass is 16.2. The van der Waals surface area contributed by atoms with Crippen molar-refractivity contribution in [1.29, 1.82) is 0 Å². The number of benzene rings is 1. The molecule has 1 unspecified atom stereocenters. The molecule has 1 aromatic carbocycles. The summed E-state index contributed by atoms with van der Waals surface area (Å²) >= 11 is 0. The number of imide groups is 1. The fourth-order valence-electron chi connectivity index (χ4n) is 5.55. The monoisotopic (exact) mass is 473 g/mol. The second-order valence-corrected chi connectivity index (χ2v) is 9.80. The number of aryl methyl sites for hydroxylation is 1. The van der Waals surface area contributed by atoms with Gasteiger partial charge < -0.3 is 9.80 Å². The Bertz CT molecular complexity index is 1170. The van der Waals surface area contributed by atoms with Crippen LogP contribution in [0.25, 0.3) is 0 Å². The van der Waals surface area contributed by atoms with E-state index in [0.717, 1.165) is 50.1 Å². The number of amides is 3. The minimum Gasteiger partial charge on any atom is -0.322 e. The second-order valence-electron chi connectivity index (χ2n) is 9.80. The molecule has 35 heavy (non-hydrogen) atoms. The first-order valence-electron chi connectivity index (χ1n) is 12.5. The van der Waals surface area contributed by atoms with Gasteiger partial charge in [-0.3, -0.25) is 24.4 Å². The third-order valence-corrected chi connectivity index (χ3v) is 7.65. The first-order chi connectivity index (χ1) is 17.0. The number of nitrogens with one attached hydrogen (secondary N) is 1. The summed E-state index contributed by atoms with van der Waals surface area (Å²) in [6.07, 6.45) is 14.1. The Hall–Kier alpha value is -3.44. The van der Waals surface area contributed by atoms with Crippen LogP contribution in [0.2, 0.25) is 0 Å². The molecular formula is C27H31N5O3. The highest BCUT2D eigenvalue weighted by molar-refractivity contribution is 6.05. The van der Waals surface area contributed by atoms with Gasteiger partial charge in [0, 0.05) is 31.3 Å². The first-order valence-corrected chi connectivity index (χ1v) is 12.5. The maximum absolute atomic E-state index is 13.0. The summed E-state index contributed by atoms with van der Waals surface area (Å²) in [4.78, 5) is 41.0. The van der Waals surface area contributed by atoms with Gasteiger partial charge in [0.1, 0.15) is 6.04 Å². The van der Waals surface area contributed by atoms with E-state index >= 15 is 0 Å². The van der Waals surface area contributed by atoms with Gasteiger partial charge in [-0.25, -0.2) is 0 Å². The predicted molar refractivity (Wildman–Crippen MR) is 130 cm³/mol. The number of hydrogen-bond acceptors (Lipinski definition) is 5. The van der Waals surface area contributed by atoms with Gasteiger partial charge in [-0.15, -0.1) is 6.42 Å². The zero-order valence-corrected chi connectivity index (χ0v) is 19.9. The van der Waals surface area contributed by atoms with Crippen LogP contribution in [-0.4, -0.2) is 63.0 Å². The van der Waals surface area contributed by atoms with E-state index in [1.807, 2.05) is 23.0 Å². The van der Waals surface area contributed by atoms with Gasteiger partial charge in [-0.1, -0.05) is 18.1 Å². The number of piperidine rings is 2. The van der Waals surface area contributed by atoms with Crippen LogP contribution >= 0.6 is 0 Å². The molecule has 5 rings (SSSR count). The van der Waals surface area contributed by atoms with Crippen LogP contribution in [0.15, 0.2) is 30.6 Å². The number of fused-ring (bicyclic) bond motifs is 1. The Morgan fingerprint density at radius 2 is 1.94 bits per heavy atom. The van der Waals surface area contributed by atoms with Gasteiger partial charge in [0.15, 0.2) is 0 Å². The molecule has 1 aromatic heterocycles. The molecule has 0 saturated carbocycles. The molecule has 8 heteroatoms. The Morgan fingerprint density at radius 3 is 2.69 bits per heavy atom. The number of likely N-dealkylation sites (tertiary alicyclic amines) is 1. The van der Waals surface area contributed by atoms with Crippen molar-refractivity contribution in [2.75, 3.05) is 19.6 Å². The smallest absolute Gasteiger partial charge is 0.255 e. The zero-order valence-electron chi connectivity index (χ0n) is 19.9. The summed E-state index contributed by atoms with van der Waals surface area (Å²) in [5.41, 5.74) is 3.77. The fourth-order valence-corrected chi connectivity index (χ4v) is 5.55. The van der Waals surface area contributed by atoms with Gasteiger partial charge in [0.25, 0.3) is 5.91 Å². The average Bonchev–Trinajstić information content (AvgIpc) is 3.47. The number of terminal acetylenes is 1. The van der Waals surface area contributed by atoms with E-state index in [1.54, 1.807) is 11.1 Å². The summed E-state index contributed by atoms with van der Waals surface area (Å²) in [6.45, 7) is 4.44. The Morgan fingerprint density at radius 1 is 1.11 bits per heavy atom. The SMILES string of the molecule is C#Cc1cnn(CCN2CCC(CCc3cccc4c3CN(C3CCC(=O)NC3=O)C4=O)CC2)c1. The molecule has 3 aliphatic rings. The molecule has 0 bridgehead atoms. The van der Waals surface area contributed by atoms with Crippen molar-refractivity contribution in [3.63, 3.8) is 0 Å². The topological polar surface area (TPSA) is 87.5 Å². The zero-order chi connectivity index (χ0) is 24.4. The van der Waals surface area contributed by atoms with Crippen LogP contribution in [0.3, 0.4) is 0 Å². The molecule has 3 amide bonds. The van der Waals surface area contributed by atoms with Crippen molar-refractivity contribution in [1.82, 2.24) is 24.9 Å². The van der Waals surface area contributed by atoms with Gasteiger partial charge >= 0.3 is 0 Å². The molecule has 2 aromatic rings. The van der Waals surface area contributed by atoms with Crippen LogP contribution in [0.5, 0.6) is 0 Å². The number of hydrogen-bond donors (Lipinski definition) is 1. The molecule has 1 N–H and O–H groups in total. The summed E-state index contributed by atoms with van der Waals surface area (Å²) in [7, 11) is 0. The summed E-state index contributed by atoms with van der Waals surface area (Å²) in [5.74, 6) is 2.56. The van der Waals surface area contributed by atoms with Crippen LogP contribution in [0.4, 0.5) is 0 Å². The molecule has 2 saturated heterocycles. The standard InChI is InChI=1S/C27H31N5O3/c1-2-19-16-28-31(17-19)15-14-30-12-10-20(11-13-30)6-7-21-4-3-5-22-23(21)18-32(27(22)35)24-8-9-25(33)29-26(24)34/h1,3-5,16-17,20,24H,6-15,18H2,(H,29,33,34). The van der Waals surface area contributed by atoms with Crippen LogP contribution in [-0.2, 0) is 29.1 Å². The first kappa shape index (κ1) is 23.3. The molecule has 0 radical (unpaired) electrons. The average molecular weight is 474 g/mol. The van der Waals surface area contributed by atoms with Gasteiger partial charge in [-0.05, 0) is 68.3 Å². The second kappa shape index (κ2) is 10.0. The summed E-state index contributed by atoms with van der Waals surface area (Å²) in [5, 5.41) is 6.68. The van der Waals surface area contributed by atoms with E-state index in [0.29, 0.717) is 24.4 Å². The van der Waals surface area contributed by atoms with E-state index in [9.17, 15) is 14.4 Å². The number of aromatic nitrogens is 2. The van der Waals surface area contributed by atoms with E-state index in [1.165, 1.54) is 18.4 Å². The molecular weight excluding hydrogens is 442 g/mol. The lowest BCUT2D eigenvalue weighted by Crippen LogP contribution is -2.52. The normalized spacial score (nSPS) is 21.2. The third kappa shape index (κ3) is 5.01. The van der Waals surface area contributed by atoms with E-state index in [4.69, 9.17) is 6.42 Å². The Labute approximate surface area is 205 Å². The molecule has 1 atom stereocenters. The Balaban J connectivity index is 1.13. The predicted octanol–water partition coefficient (Wildman–Crippen LogP) is 1.97. The van der Waals surface area contributed by atoms with E-state index in [-0.39, 0.29) is 24.1 Å². The van der Waals surface area contributed by atoms with Crippen LogP contribution < -0.4 is 5.32 Å². The Kier molecular flexibility index (Phi) is 6.69. The summed E-state index contributed by atoms with van der Waals surface area (Å²) < 4.78 is 1.91. The lowest BCUT2D eigenvalue weighted by molar-refractivity contribution is -0.136. The number of carbonyl (C=O) groups excluding carboxylic acids is 3. The quantitative estimate of drug-likeness (QED) is 0.491. The molecule has 0 aliphatic carbocycles. The van der Waals surface area contributed by atoms with Gasteiger partial charge in [-0.2, -0.15) is 5.10 Å². The number of nitrogens with zero attached hydrogens (tertiary/aromatic N) is 4. The van der Waals surface area contributed by atoms with Crippen LogP contribution in [0.1, 0.15) is 59.2 Å².